The van der Waals surface area contributed by atoms with Gasteiger partial charge in [-0.1, -0.05) is 25.1 Å². The first kappa shape index (κ1) is 23.2. The average molecular weight is 439 g/mol. The van der Waals surface area contributed by atoms with Crippen LogP contribution in [0.4, 0.5) is 5.00 Å². The minimum atomic E-state index is -0.360. The van der Waals surface area contributed by atoms with Crippen molar-refractivity contribution in [2.24, 2.45) is 0 Å². The summed E-state index contributed by atoms with van der Waals surface area (Å²) in [5.74, 6) is 0.196. The molecule has 1 amide bonds. The monoisotopic (exact) mass is 438 g/mol. The molecule has 0 spiro atoms. The molecule has 0 saturated carbocycles. The summed E-state index contributed by atoms with van der Waals surface area (Å²) in [6, 6.07) is 9.38. The molecule has 1 aliphatic heterocycles. The maximum absolute atomic E-state index is 12.5. The molecule has 2 aromatic rings. The molecule has 0 radical (unpaired) electrons. The quantitative estimate of drug-likeness (QED) is 0.627. The van der Waals surface area contributed by atoms with E-state index in [1.54, 1.807) is 6.92 Å². The number of anilines is 1. The molecule has 6 nitrogen and oxygen atoms in total. The molecular formula is C21H27ClN2O4S. The number of likely N-dealkylation sites (N-methyl/N-ethyl adjacent to an activating group) is 1. The lowest BCUT2D eigenvalue weighted by Gasteiger charge is -2.25. The molecule has 0 saturated heterocycles. The van der Waals surface area contributed by atoms with Crippen molar-refractivity contribution in [1.82, 2.24) is 4.90 Å². The van der Waals surface area contributed by atoms with Crippen LogP contribution in [0.15, 0.2) is 30.3 Å². The number of fused-ring (bicyclic) bond motifs is 1. The molecule has 1 aliphatic rings. The lowest BCUT2D eigenvalue weighted by atomic mass is 10.0. The van der Waals surface area contributed by atoms with Crippen molar-refractivity contribution in [1.29, 1.82) is 0 Å². The summed E-state index contributed by atoms with van der Waals surface area (Å²) in [5.41, 5.74) is 1.54. The zero-order valence-corrected chi connectivity index (χ0v) is 18.4. The molecule has 0 fully saturated rings. The molecule has 8 heteroatoms. The van der Waals surface area contributed by atoms with E-state index >= 15 is 0 Å². The van der Waals surface area contributed by atoms with Crippen molar-refractivity contribution < 1.29 is 19.1 Å². The Hall–Kier alpha value is -2.09. The second-order valence-corrected chi connectivity index (χ2v) is 7.61. The number of hydrogen-bond donors (Lipinski definition) is 1. The first-order valence-corrected chi connectivity index (χ1v) is 10.5. The van der Waals surface area contributed by atoms with E-state index in [1.807, 2.05) is 30.3 Å². The molecular weight excluding hydrogens is 412 g/mol. The molecule has 3 rings (SSSR count). The third-order valence-electron chi connectivity index (χ3n) is 4.66. The highest BCUT2D eigenvalue weighted by atomic mass is 35.5. The van der Waals surface area contributed by atoms with Crippen LogP contribution in [0.2, 0.25) is 0 Å². The van der Waals surface area contributed by atoms with Crippen LogP contribution < -0.4 is 10.1 Å². The number of thiophene rings is 1. The third-order valence-corrected chi connectivity index (χ3v) is 5.79. The van der Waals surface area contributed by atoms with E-state index in [9.17, 15) is 9.59 Å². The van der Waals surface area contributed by atoms with Crippen molar-refractivity contribution in [3.05, 3.63) is 46.3 Å². The van der Waals surface area contributed by atoms with Crippen molar-refractivity contribution in [2.45, 2.75) is 33.2 Å². The van der Waals surface area contributed by atoms with Gasteiger partial charge >= 0.3 is 5.97 Å². The Bertz CT molecular complexity index is 826. The number of hydrogen-bond acceptors (Lipinski definition) is 6. The number of halogens is 1. The number of nitrogens with zero attached hydrogens (tertiary/aromatic N) is 1. The zero-order chi connectivity index (χ0) is 19.9. The molecule has 0 unspecified atom stereocenters. The number of esters is 1. The smallest absolute Gasteiger partial charge is 0.341 e. The summed E-state index contributed by atoms with van der Waals surface area (Å²) >= 11 is 1.48. The minimum Gasteiger partial charge on any atom is -0.493 e. The van der Waals surface area contributed by atoms with Gasteiger partial charge in [-0.2, -0.15) is 0 Å². The Morgan fingerprint density at radius 3 is 2.66 bits per heavy atom. The van der Waals surface area contributed by atoms with Gasteiger partial charge in [0.2, 0.25) is 5.91 Å². The topological polar surface area (TPSA) is 67.9 Å². The SMILES string of the molecule is CCOC(=O)c1c(NC(=O)CCOc2ccccc2)sc2c1CCN(CC)C2.Cl. The van der Waals surface area contributed by atoms with Crippen LogP contribution in [0.5, 0.6) is 5.75 Å². The van der Waals surface area contributed by atoms with E-state index in [0.717, 1.165) is 42.2 Å². The van der Waals surface area contributed by atoms with Crippen LogP contribution >= 0.6 is 23.7 Å². The standard InChI is InChI=1S/C21H26N2O4S.ClH/c1-3-23-12-10-16-17(14-23)28-20(19(16)21(25)26-4-2)22-18(24)11-13-27-15-8-6-5-7-9-15;/h5-9H,3-4,10-14H2,1-2H3,(H,22,24);1H. The number of benzene rings is 1. The highest BCUT2D eigenvalue weighted by Crippen LogP contribution is 2.37. The lowest BCUT2D eigenvalue weighted by molar-refractivity contribution is -0.116. The van der Waals surface area contributed by atoms with Crippen molar-refractivity contribution in [3.63, 3.8) is 0 Å². The molecule has 158 valence electrons. The number of ether oxygens (including phenoxy) is 2. The molecule has 1 aromatic heterocycles. The van der Waals surface area contributed by atoms with E-state index in [1.165, 1.54) is 11.3 Å². The Morgan fingerprint density at radius 2 is 1.97 bits per heavy atom. The Balaban J connectivity index is 0.00000300. The van der Waals surface area contributed by atoms with Gasteiger partial charge in [0, 0.05) is 18.0 Å². The largest absolute Gasteiger partial charge is 0.493 e. The van der Waals surface area contributed by atoms with E-state index in [4.69, 9.17) is 9.47 Å². The zero-order valence-electron chi connectivity index (χ0n) is 16.7. The van der Waals surface area contributed by atoms with Crippen LogP contribution in [0.1, 0.15) is 41.1 Å². The summed E-state index contributed by atoms with van der Waals surface area (Å²) in [4.78, 5) is 28.4. The molecule has 0 aliphatic carbocycles. The predicted molar refractivity (Wildman–Crippen MR) is 117 cm³/mol. The Labute approximate surface area is 181 Å². The summed E-state index contributed by atoms with van der Waals surface area (Å²) < 4.78 is 10.8. The summed E-state index contributed by atoms with van der Waals surface area (Å²) in [6.07, 6.45) is 1.00. The van der Waals surface area contributed by atoms with Crippen molar-refractivity contribution >= 4 is 40.6 Å². The fraction of sp³-hybridized carbons (Fsp3) is 0.429. The van der Waals surface area contributed by atoms with Crippen LogP contribution in [-0.2, 0) is 22.5 Å². The van der Waals surface area contributed by atoms with Gasteiger partial charge in [0.1, 0.15) is 10.8 Å². The number of nitrogens with one attached hydrogen (secondary N) is 1. The van der Waals surface area contributed by atoms with Gasteiger partial charge in [0.25, 0.3) is 0 Å². The Kier molecular flexibility index (Phi) is 8.95. The molecule has 0 atom stereocenters. The second-order valence-electron chi connectivity index (χ2n) is 6.51. The van der Waals surface area contributed by atoms with Crippen LogP contribution in [0, 0.1) is 0 Å². The summed E-state index contributed by atoms with van der Waals surface area (Å²) in [6.45, 7) is 7.17. The minimum absolute atomic E-state index is 0. The molecule has 1 aromatic carbocycles. The normalized spacial score (nSPS) is 13.2. The number of carbonyl (C=O) groups is 2. The van der Waals surface area contributed by atoms with Gasteiger partial charge in [-0.3, -0.25) is 9.69 Å². The first-order valence-electron chi connectivity index (χ1n) is 9.64. The highest BCUT2D eigenvalue weighted by Gasteiger charge is 2.29. The fourth-order valence-electron chi connectivity index (χ4n) is 3.20. The van der Waals surface area contributed by atoms with Gasteiger partial charge in [0.15, 0.2) is 0 Å². The number of carbonyl (C=O) groups excluding carboxylic acids is 2. The third kappa shape index (κ3) is 5.95. The van der Waals surface area contributed by atoms with Crippen LogP contribution in [-0.4, -0.2) is 43.1 Å². The van der Waals surface area contributed by atoms with E-state index in [0.29, 0.717) is 17.2 Å². The van der Waals surface area contributed by atoms with Crippen molar-refractivity contribution in [3.8, 4) is 5.75 Å². The number of amides is 1. The van der Waals surface area contributed by atoms with Crippen LogP contribution in [0.3, 0.4) is 0 Å². The Morgan fingerprint density at radius 1 is 1.21 bits per heavy atom. The maximum Gasteiger partial charge on any atom is 0.341 e. The van der Waals surface area contributed by atoms with E-state index in [2.05, 4.69) is 17.1 Å². The fourth-order valence-corrected chi connectivity index (χ4v) is 4.50. The highest BCUT2D eigenvalue weighted by molar-refractivity contribution is 7.17. The molecule has 1 N–H and O–H groups in total. The van der Waals surface area contributed by atoms with Gasteiger partial charge in [-0.05, 0) is 37.6 Å². The summed E-state index contributed by atoms with van der Waals surface area (Å²) in [7, 11) is 0. The van der Waals surface area contributed by atoms with Gasteiger partial charge in [0.05, 0.1) is 25.2 Å². The summed E-state index contributed by atoms with van der Waals surface area (Å²) in [5, 5.41) is 3.50. The van der Waals surface area contributed by atoms with Crippen molar-refractivity contribution in [2.75, 3.05) is 31.6 Å². The molecule has 0 bridgehead atoms. The van der Waals surface area contributed by atoms with Crippen LogP contribution in [0.25, 0.3) is 0 Å². The van der Waals surface area contributed by atoms with E-state index in [-0.39, 0.29) is 37.3 Å². The average Bonchev–Trinajstić information content (AvgIpc) is 3.05. The lowest BCUT2D eigenvalue weighted by Crippen LogP contribution is -2.30. The van der Waals surface area contributed by atoms with Gasteiger partial charge < -0.3 is 14.8 Å². The number of para-hydroxylation sites is 1. The molecule has 2 heterocycles. The van der Waals surface area contributed by atoms with Gasteiger partial charge in [-0.15, -0.1) is 23.7 Å². The molecule has 29 heavy (non-hydrogen) atoms. The van der Waals surface area contributed by atoms with Gasteiger partial charge in [-0.25, -0.2) is 4.79 Å². The maximum atomic E-state index is 12.5. The predicted octanol–water partition coefficient (Wildman–Crippen LogP) is 4.13. The second kappa shape index (κ2) is 11.2. The number of rotatable bonds is 8. The first-order chi connectivity index (χ1) is 13.6. The van der Waals surface area contributed by atoms with E-state index < -0.39 is 0 Å².